The molecule has 0 fully saturated rings. The SMILES string of the molecule is COc1cc(C)cc(F)c1CCN=[N+]=[N-]. The summed E-state index contributed by atoms with van der Waals surface area (Å²) in [6, 6.07) is 3.20. The Hall–Kier alpha value is -1.74. The number of hydrogen-bond acceptors (Lipinski definition) is 2. The van der Waals surface area contributed by atoms with Crippen LogP contribution in [0.4, 0.5) is 4.39 Å². The standard InChI is InChI=1S/C10H12FN3O/c1-7-5-9(11)8(3-4-13-14-12)10(6-7)15-2/h5-6H,3-4H2,1-2H3. The molecule has 1 aromatic rings. The zero-order chi connectivity index (χ0) is 11.3. The molecule has 0 aliphatic carbocycles. The van der Waals surface area contributed by atoms with Crippen molar-refractivity contribution in [2.24, 2.45) is 5.11 Å². The van der Waals surface area contributed by atoms with Crippen molar-refractivity contribution >= 4 is 0 Å². The fraction of sp³-hybridized carbons (Fsp3) is 0.400. The number of halogens is 1. The number of aryl methyl sites for hydroxylation is 1. The van der Waals surface area contributed by atoms with E-state index in [2.05, 4.69) is 10.0 Å². The van der Waals surface area contributed by atoms with E-state index in [-0.39, 0.29) is 12.4 Å². The van der Waals surface area contributed by atoms with Gasteiger partial charge in [-0.25, -0.2) is 4.39 Å². The number of rotatable bonds is 4. The Bertz CT molecular complexity index is 400. The van der Waals surface area contributed by atoms with Gasteiger partial charge < -0.3 is 4.74 Å². The van der Waals surface area contributed by atoms with Gasteiger partial charge in [0.15, 0.2) is 0 Å². The number of nitrogens with zero attached hydrogens (tertiary/aromatic N) is 3. The van der Waals surface area contributed by atoms with Crippen molar-refractivity contribution in [2.45, 2.75) is 13.3 Å². The lowest BCUT2D eigenvalue weighted by molar-refractivity contribution is 0.404. The molecule has 0 saturated heterocycles. The van der Waals surface area contributed by atoms with Gasteiger partial charge in [0.1, 0.15) is 11.6 Å². The Morgan fingerprint density at radius 3 is 2.87 bits per heavy atom. The molecule has 1 aromatic carbocycles. The van der Waals surface area contributed by atoms with Crippen LogP contribution in [-0.2, 0) is 6.42 Å². The largest absolute Gasteiger partial charge is 0.496 e. The normalized spacial score (nSPS) is 9.53. The van der Waals surface area contributed by atoms with Gasteiger partial charge in [-0.05, 0) is 36.6 Å². The quantitative estimate of drug-likeness (QED) is 0.427. The number of azide groups is 1. The molecule has 0 aliphatic heterocycles. The highest BCUT2D eigenvalue weighted by Gasteiger charge is 2.09. The Morgan fingerprint density at radius 1 is 1.53 bits per heavy atom. The lowest BCUT2D eigenvalue weighted by Crippen LogP contribution is -1.99. The summed E-state index contributed by atoms with van der Waals surface area (Å²) < 4.78 is 18.6. The molecule has 0 aromatic heterocycles. The second-order valence-electron chi connectivity index (χ2n) is 3.13. The third-order valence-corrected chi connectivity index (χ3v) is 2.04. The van der Waals surface area contributed by atoms with Crippen molar-refractivity contribution < 1.29 is 9.13 Å². The molecule has 0 atom stereocenters. The molecule has 4 nitrogen and oxygen atoms in total. The highest BCUT2D eigenvalue weighted by molar-refractivity contribution is 5.38. The molecule has 0 aliphatic rings. The Kier molecular flexibility index (Phi) is 3.94. The van der Waals surface area contributed by atoms with Gasteiger partial charge in [0.25, 0.3) is 0 Å². The molecule has 5 heteroatoms. The highest BCUT2D eigenvalue weighted by atomic mass is 19.1. The molecule has 0 N–H and O–H groups in total. The summed E-state index contributed by atoms with van der Waals surface area (Å²) in [5, 5.41) is 3.36. The van der Waals surface area contributed by atoms with Gasteiger partial charge >= 0.3 is 0 Å². The predicted molar refractivity (Wildman–Crippen MR) is 55.4 cm³/mol. The number of hydrogen-bond donors (Lipinski definition) is 0. The topological polar surface area (TPSA) is 58.0 Å². The van der Waals surface area contributed by atoms with Crippen molar-refractivity contribution in [1.82, 2.24) is 0 Å². The minimum absolute atomic E-state index is 0.229. The van der Waals surface area contributed by atoms with Crippen LogP contribution in [0, 0.1) is 12.7 Å². The highest BCUT2D eigenvalue weighted by Crippen LogP contribution is 2.23. The Balaban J connectivity index is 2.98. The molecular formula is C10H12FN3O. The fourth-order valence-corrected chi connectivity index (χ4v) is 1.37. The van der Waals surface area contributed by atoms with Crippen LogP contribution in [-0.4, -0.2) is 13.7 Å². The maximum atomic E-state index is 13.5. The van der Waals surface area contributed by atoms with Crippen molar-refractivity contribution in [3.63, 3.8) is 0 Å². The molecule has 0 unspecified atom stereocenters. The first-order valence-electron chi connectivity index (χ1n) is 4.53. The van der Waals surface area contributed by atoms with Crippen molar-refractivity contribution in [2.75, 3.05) is 13.7 Å². The Morgan fingerprint density at radius 2 is 2.27 bits per heavy atom. The summed E-state index contributed by atoms with van der Waals surface area (Å²) in [6.45, 7) is 2.02. The summed E-state index contributed by atoms with van der Waals surface area (Å²) in [5.74, 6) is 0.181. The van der Waals surface area contributed by atoms with E-state index < -0.39 is 0 Å². The molecule has 0 radical (unpaired) electrons. The first-order valence-corrected chi connectivity index (χ1v) is 4.53. The molecule has 0 spiro atoms. The van der Waals surface area contributed by atoms with E-state index in [1.807, 2.05) is 0 Å². The van der Waals surface area contributed by atoms with Crippen LogP contribution >= 0.6 is 0 Å². The van der Waals surface area contributed by atoms with E-state index in [1.165, 1.54) is 13.2 Å². The molecule has 80 valence electrons. The lowest BCUT2D eigenvalue weighted by Gasteiger charge is -2.09. The summed E-state index contributed by atoms with van der Waals surface area (Å²) in [4.78, 5) is 2.62. The predicted octanol–water partition coefficient (Wildman–Crippen LogP) is 3.00. The van der Waals surface area contributed by atoms with Gasteiger partial charge in [-0.2, -0.15) is 0 Å². The average Bonchev–Trinajstić information content (AvgIpc) is 2.20. The van der Waals surface area contributed by atoms with Crippen molar-refractivity contribution in [3.05, 3.63) is 39.5 Å². The zero-order valence-electron chi connectivity index (χ0n) is 8.70. The minimum Gasteiger partial charge on any atom is -0.496 e. The third kappa shape index (κ3) is 2.86. The van der Waals surface area contributed by atoms with Gasteiger partial charge in [0, 0.05) is 17.0 Å². The van der Waals surface area contributed by atoms with E-state index >= 15 is 0 Å². The number of benzene rings is 1. The maximum absolute atomic E-state index is 13.5. The summed E-state index contributed by atoms with van der Waals surface area (Å²) in [7, 11) is 1.49. The van der Waals surface area contributed by atoms with Crippen LogP contribution in [0.15, 0.2) is 17.2 Å². The van der Waals surface area contributed by atoms with E-state index in [0.717, 1.165) is 5.56 Å². The monoisotopic (exact) mass is 209 g/mol. The Labute approximate surface area is 87.3 Å². The zero-order valence-corrected chi connectivity index (χ0v) is 8.70. The average molecular weight is 209 g/mol. The van der Waals surface area contributed by atoms with Crippen molar-refractivity contribution in [3.8, 4) is 5.75 Å². The summed E-state index contributed by atoms with van der Waals surface area (Å²) in [5.41, 5.74) is 9.37. The van der Waals surface area contributed by atoms with E-state index in [4.69, 9.17) is 10.3 Å². The van der Waals surface area contributed by atoms with E-state index in [9.17, 15) is 4.39 Å². The molecule has 15 heavy (non-hydrogen) atoms. The molecular weight excluding hydrogens is 197 g/mol. The van der Waals surface area contributed by atoms with Crippen LogP contribution in [0.5, 0.6) is 5.75 Å². The smallest absolute Gasteiger partial charge is 0.130 e. The maximum Gasteiger partial charge on any atom is 0.130 e. The first kappa shape index (κ1) is 11.3. The molecule has 1 rings (SSSR count). The summed E-state index contributed by atoms with van der Waals surface area (Å²) in [6.07, 6.45) is 0.347. The van der Waals surface area contributed by atoms with E-state index in [1.54, 1.807) is 13.0 Å². The van der Waals surface area contributed by atoms with Crippen LogP contribution in [0.1, 0.15) is 11.1 Å². The van der Waals surface area contributed by atoms with Gasteiger partial charge in [-0.3, -0.25) is 0 Å². The van der Waals surface area contributed by atoms with Crippen LogP contribution in [0.3, 0.4) is 0 Å². The minimum atomic E-state index is -0.319. The van der Waals surface area contributed by atoms with Gasteiger partial charge in [-0.1, -0.05) is 5.11 Å². The summed E-state index contributed by atoms with van der Waals surface area (Å²) >= 11 is 0. The van der Waals surface area contributed by atoms with Crippen LogP contribution in [0.25, 0.3) is 10.4 Å². The second kappa shape index (κ2) is 5.22. The fourth-order valence-electron chi connectivity index (χ4n) is 1.37. The first-order chi connectivity index (χ1) is 7.19. The molecule has 0 saturated carbocycles. The van der Waals surface area contributed by atoms with Crippen molar-refractivity contribution in [1.29, 1.82) is 0 Å². The van der Waals surface area contributed by atoms with Gasteiger partial charge in [0.2, 0.25) is 0 Å². The number of ether oxygens (including phenoxy) is 1. The second-order valence-corrected chi connectivity index (χ2v) is 3.13. The molecule has 0 heterocycles. The van der Waals surface area contributed by atoms with Crippen LogP contribution in [0.2, 0.25) is 0 Å². The van der Waals surface area contributed by atoms with Gasteiger partial charge in [0.05, 0.1) is 7.11 Å². The van der Waals surface area contributed by atoms with Gasteiger partial charge in [-0.15, -0.1) is 0 Å². The molecule has 0 bridgehead atoms. The lowest BCUT2D eigenvalue weighted by atomic mass is 10.1. The van der Waals surface area contributed by atoms with E-state index in [0.29, 0.717) is 17.7 Å². The molecule has 0 amide bonds. The van der Waals surface area contributed by atoms with Crippen LogP contribution < -0.4 is 4.74 Å². The third-order valence-electron chi connectivity index (χ3n) is 2.04. The number of methoxy groups -OCH3 is 1.